The Morgan fingerprint density at radius 1 is 1.04 bits per heavy atom. The molecule has 4 nitrogen and oxygen atoms in total. The average Bonchev–Trinajstić information content (AvgIpc) is 2.95. The summed E-state index contributed by atoms with van der Waals surface area (Å²) in [6.45, 7) is 3.75. The number of rotatable bonds is 3. The van der Waals surface area contributed by atoms with Gasteiger partial charge in [0.15, 0.2) is 5.82 Å². The van der Waals surface area contributed by atoms with E-state index in [2.05, 4.69) is 9.97 Å². The lowest BCUT2D eigenvalue weighted by Crippen LogP contribution is -2.27. The molecule has 136 valence electrons. The molecule has 2 aromatic carbocycles. The zero-order chi connectivity index (χ0) is 19.1. The Bertz CT molecular complexity index is 1050. The van der Waals surface area contributed by atoms with E-state index in [-0.39, 0.29) is 24.4 Å². The van der Waals surface area contributed by atoms with Crippen LogP contribution in [0.3, 0.4) is 0 Å². The standard InChI is InChI=1S/C21H17F2N3O/c1-12-3-5-14(6-4-12)20-24-13(2)17-10-19(27)26(21(17)25-20)11-15-9-16(22)7-8-18(15)23/h3-9H,10-11H2,1-2H3. The normalized spacial score (nSPS) is 13.2. The fourth-order valence-electron chi connectivity index (χ4n) is 3.21. The first-order valence-corrected chi connectivity index (χ1v) is 8.61. The number of aryl methyl sites for hydroxylation is 2. The first-order valence-electron chi connectivity index (χ1n) is 8.61. The molecule has 0 atom stereocenters. The molecule has 1 aliphatic rings. The average molecular weight is 365 g/mol. The van der Waals surface area contributed by atoms with E-state index in [0.717, 1.165) is 34.9 Å². The van der Waals surface area contributed by atoms with Crippen LogP contribution in [0.25, 0.3) is 11.4 Å². The molecule has 0 unspecified atom stereocenters. The number of carbonyl (C=O) groups excluding carboxylic acids is 1. The van der Waals surface area contributed by atoms with Crippen LogP contribution in [0.1, 0.15) is 22.4 Å². The number of benzene rings is 2. The molecule has 27 heavy (non-hydrogen) atoms. The highest BCUT2D eigenvalue weighted by Crippen LogP contribution is 2.32. The third kappa shape index (κ3) is 3.18. The summed E-state index contributed by atoms with van der Waals surface area (Å²) in [5.74, 6) is -0.329. The van der Waals surface area contributed by atoms with Gasteiger partial charge >= 0.3 is 0 Å². The summed E-state index contributed by atoms with van der Waals surface area (Å²) in [4.78, 5) is 23.0. The quantitative estimate of drug-likeness (QED) is 0.701. The molecule has 4 rings (SSSR count). The van der Waals surface area contributed by atoms with Crippen LogP contribution in [-0.2, 0) is 17.8 Å². The van der Waals surface area contributed by atoms with Gasteiger partial charge in [-0.3, -0.25) is 9.69 Å². The highest BCUT2D eigenvalue weighted by atomic mass is 19.1. The number of hydrogen-bond donors (Lipinski definition) is 0. The van der Waals surface area contributed by atoms with E-state index in [4.69, 9.17) is 0 Å². The summed E-state index contributed by atoms with van der Waals surface area (Å²) >= 11 is 0. The molecule has 0 saturated heterocycles. The Balaban J connectivity index is 1.76. The number of hydrogen-bond acceptors (Lipinski definition) is 3. The summed E-state index contributed by atoms with van der Waals surface area (Å²) in [5.41, 5.74) is 3.51. The second kappa shape index (κ2) is 6.54. The maximum Gasteiger partial charge on any atom is 0.233 e. The first-order chi connectivity index (χ1) is 12.9. The molecule has 0 saturated carbocycles. The summed E-state index contributed by atoms with van der Waals surface area (Å²) in [6, 6.07) is 11.0. The van der Waals surface area contributed by atoms with E-state index in [9.17, 15) is 13.6 Å². The number of carbonyl (C=O) groups is 1. The molecular formula is C21H17F2N3O. The molecule has 0 radical (unpaired) electrons. The fraction of sp³-hybridized carbons (Fsp3) is 0.190. The Kier molecular flexibility index (Phi) is 4.18. The van der Waals surface area contributed by atoms with Gasteiger partial charge in [-0.25, -0.2) is 18.7 Å². The summed E-state index contributed by atoms with van der Waals surface area (Å²) in [6.07, 6.45) is 0.159. The van der Waals surface area contributed by atoms with Crippen molar-refractivity contribution in [2.24, 2.45) is 0 Å². The molecule has 1 aromatic heterocycles. The van der Waals surface area contributed by atoms with Crippen molar-refractivity contribution in [1.82, 2.24) is 9.97 Å². The van der Waals surface area contributed by atoms with Crippen LogP contribution in [0.15, 0.2) is 42.5 Å². The molecule has 0 fully saturated rings. The van der Waals surface area contributed by atoms with Crippen LogP contribution < -0.4 is 4.90 Å². The lowest BCUT2D eigenvalue weighted by molar-refractivity contribution is -0.117. The minimum atomic E-state index is -0.554. The van der Waals surface area contributed by atoms with Crippen LogP contribution in [0.5, 0.6) is 0 Å². The van der Waals surface area contributed by atoms with Crippen LogP contribution >= 0.6 is 0 Å². The van der Waals surface area contributed by atoms with Crippen molar-refractivity contribution >= 4 is 11.7 Å². The van der Waals surface area contributed by atoms with E-state index in [0.29, 0.717) is 17.3 Å². The molecule has 0 aliphatic carbocycles. The third-order valence-corrected chi connectivity index (χ3v) is 4.72. The Labute approximate surface area is 155 Å². The second-order valence-corrected chi connectivity index (χ2v) is 6.69. The maximum atomic E-state index is 14.1. The SMILES string of the molecule is Cc1ccc(-c2nc(C)c3c(n2)N(Cc2cc(F)ccc2F)C(=O)C3)cc1. The molecule has 3 aromatic rings. The highest BCUT2D eigenvalue weighted by Gasteiger charge is 2.32. The zero-order valence-electron chi connectivity index (χ0n) is 15.0. The molecule has 0 bridgehead atoms. The van der Waals surface area contributed by atoms with Crippen LogP contribution in [-0.4, -0.2) is 15.9 Å². The number of aromatic nitrogens is 2. The maximum absolute atomic E-state index is 14.1. The molecule has 6 heteroatoms. The van der Waals surface area contributed by atoms with Gasteiger partial charge < -0.3 is 0 Å². The number of fused-ring (bicyclic) bond motifs is 1. The Morgan fingerprint density at radius 2 is 1.78 bits per heavy atom. The van der Waals surface area contributed by atoms with Crippen molar-refractivity contribution in [2.45, 2.75) is 26.8 Å². The van der Waals surface area contributed by atoms with Gasteiger partial charge in [-0.15, -0.1) is 0 Å². The summed E-state index contributed by atoms with van der Waals surface area (Å²) in [5, 5.41) is 0. The zero-order valence-corrected chi connectivity index (χ0v) is 15.0. The molecule has 0 N–H and O–H groups in total. The molecule has 1 amide bonds. The number of nitrogens with zero attached hydrogens (tertiary/aromatic N) is 3. The third-order valence-electron chi connectivity index (χ3n) is 4.72. The van der Waals surface area contributed by atoms with Crippen molar-refractivity contribution < 1.29 is 13.6 Å². The van der Waals surface area contributed by atoms with Crippen molar-refractivity contribution in [3.05, 3.63) is 76.5 Å². The lowest BCUT2D eigenvalue weighted by atomic mass is 10.1. The van der Waals surface area contributed by atoms with Crippen molar-refractivity contribution in [1.29, 1.82) is 0 Å². The molecule has 0 spiro atoms. The van der Waals surface area contributed by atoms with Crippen molar-refractivity contribution in [3.63, 3.8) is 0 Å². The van der Waals surface area contributed by atoms with E-state index in [1.54, 1.807) is 0 Å². The van der Waals surface area contributed by atoms with Crippen molar-refractivity contribution in [2.75, 3.05) is 4.90 Å². The van der Waals surface area contributed by atoms with Crippen LogP contribution in [0.4, 0.5) is 14.6 Å². The minimum absolute atomic E-state index is 0.0702. The number of halogens is 2. The highest BCUT2D eigenvalue weighted by molar-refractivity contribution is 6.00. The Morgan fingerprint density at radius 3 is 2.52 bits per heavy atom. The van der Waals surface area contributed by atoms with E-state index >= 15 is 0 Å². The lowest BCUT2D eigenvalue weighted by Gasteiger charge is -2.18. The van der Waals surface area contributed by atoms with Gasteiger partial charge in [0.05, 0.1) is 13.0 Å². The van der Waals surface area contributed by atoms with E-state index in [1.807, 2.05) is 38.1 Å². The van der Waals surface area contributed by atoms with Gasteiger partial charge in [0.1, 0.15) is 17.5 Å². The summed E-state index contributed by atoms with van der Waals surface area (Å²) in [7, 11) is 0. The van der Waals surface area contributed by atoms with E-state index in [1.165, 1.54) is 4.90 Å². The van der Waals surface area contributed by atoms with E-state index < -0.39 is 11.6 Å². The van der Waals surface area contributed by atoms with Gasteiger partial charge in [-0.05, 0) is 32.0 Å². The molecular weight excluding hydrogens is 348 g/mol. The fourth-order valence-corrected chi connectivity index (χ4v) is 3.21. The number of amides is 1. The molecule has 2 heterocycles. The van der Waals surface area contributed by atoms with Gasteiger partial charge in [-0.1, -0.05) is 29.8 Å². The van der Waals surface area contributed by atoms with Gasteiger partial charge in [0.25, 0.3) is 0 Å². The Hall–Kier alpha value is -3.15. The predicted molar refractivity (Wildman–Crippen MR) is 98.2 cm³/mol. The van der Waals surface area contributed by atoms with Gasteiger partial charge in [0, 0.05) is 22.4 Å². The summed E-state index contributed by atoms with van der Waals surface area (Å²) < 4.78 is 27.6. The van der Waals surface area contributed by atoms with Crippen molar-refractivity contribution in [3.8, 4) is 11.4 Å². The van der Waals surface area contributed by atoms with Gasteiger partial charge in [0.2, 0.25) is 5.91 Å². The first kappa shape index (κ1) is 17.3. The minimum Gasteiger partial charge on any atom is -0.292 e. The topological polar surface area (TPSA) is 46.1 Å². The predicted octanol–water partition coefficient (Wildman–Crippen LogP) is 4.13. The van der Waals surface area contributed by atoms with Gasteiger partial charge in [-0.2, -0.15) is 0 Å². The molecule has 1 aliphatic heterocycles. The van der Waals surface area contributed by atoms with Crippen LogP contribution in [0.2, 0.25) is 0 Å². The largest absolute Gasteiger partial charge is 0.292 e. The smallest absolute Gasteiger partial charge is 0.233 e. The number of anilines is 1. The second-order valence-electron chi connectivity index (χ2n) is 6.69. The van der Waals surface area contributed by atoms with Crippen LogP contribution in [0, 0.1) is 25.5 Å². The monoisotopic (exact) mass is 365 g/mol.